The first-order valence-corrected chi connectivity index (χ1v) is 7.13. The molecule has 0 bridgehead atoms. The molecule has 1 heterocycles. The topological polar surface area (TPSA) is 68.0 Å². The Morgan fingerprint density at radius 1 is 1.42 bits per heavy atom. The molecular formula is C14H23N3O2. The maximum absolute atomic E-state index is 11.2. The quantitative estimate of drug-likeness (QED) is 0.888. The smallest absolute Gasteiger partial charge is 0.303 e. The van der Waals surface area contributed by atoms with Crippen LogP contribution in [0.3, 0.4) is 0 Å². The zero-order valence-electron chi connectivity index (χ0n) is 11.8. The van der Waals surface area contributed by atoms with Gasteiger partial charge in [0.25, 0.3) is 0 Å². The Morgan fingerprint density at radius 2 is 2.11 bits per heavy atom. The minimum atomic E-state index is -0.697. The average molecular weight is 265 g/mol. The Kier molecular flexibility index (Phi) is 4.22. The number of aliphatic carboxylic acids is 1. The van der Waals surface area contributed by atoms with Crippen molar-refractivity contribution in [1.82, 2.24) is 14.8 Å². The second-order valence-electron chi connectivity index (χ2n) is 6.06. The monoisotopic (exact) mass is 265 g/mol. The molecule has 2 rings (SSSR count). The van der Waals surface area contributed by atoms with Gasteiger partial charge < -0.3 is 9.67 Å². The van der Waals surface area contributed by atoms with E-state index in [0.29, 0.717) is 6.04 Å². The Balaban J connectivity index is 2.19. The molecule has 5 nitrogen and oxygen atoms in total. The SMILES string of the molecule is CC(C)n1cnnc1CC1(CC(=O)O)CCCCC1. The van der Waals surface area contributed by atoms with Crippen LogP contribution in [-0.2, 0) is 11.2 Å². The number of carboxylic acid groups (broad SMARTS) is 1. The molecule has 1 N–H and O–H groups in total. The molecule has 1 saturated carbocycles. The van der Waals surface area contributed by atoms with E-state index in [1.807, 2.05) is 0 Å². The van der Waals surface area contributed by atoms with Crippen molar-refractivity contribution in [3.05, 3.63) is 12.2 Å². The van der Waals surface area contributed by atoms with E-state index in [2.05, 4.69) is 28.6 Å². The van der Waals surface area contributed by atoms with Crippen molar-refractivity contribution in [2.24, 2.45) is 5.41 Å². The first-order chi connectivity index (χ1) is 9.02. The highest BCUT2D eigenvalue weighted by atomic mass is 16.4. The number of aromatic nitrogens is 3. The van der Waals surface area contributed by atoms with Crippen LogP contribution in [0.15, 0.2) is 6.33 Å². The van der Waals surface area contributed by atoms with Gasteiger partial charge in [0.2, 0.25) is 0 Å². The Labute approximate surface area is 114 Å². The second-order valence-corrected chi connectivity index (χ2v) is 6.06. The van der Waals surface area contributed by atoms with E-state index in [9.17, 15) is 9.90 Å². The largest absolute Gasteiger partial charge is 0.481 e. The van der Waals surface area contributed by atoms with Crippen LogP contribution >= 0.6 is 0 Å². The Morgan fingerprint density at radius 3 is 2.68 bits per heavy atom. The molecule has 0 unspecified atom stereocenters. The maximum Gasteiger partial charge on any atom is 0.303 e. The van der Waals surface area contributed by atoms with Crippen LogP contribution in [-0.4, -0.2) is 25.8 Å². The summed E-state index contributed by atoms with van der Waals surface area (Å²) in [6.07, 6.45) is 8.19. The van der Waals surface area contributed by atoms with Crippen molar-refractivity contribution < 1.29 is 9.90 Å². The number of carboxylic acids is 1. The molecule has 1 aliphatic rings. The fraction of sp³-hybridized carbons (Fsp3) is 0.786. The maximum atomic E-state index is 11.2. The van der Waals surface area contributed by atoms with Crippen molar-refractivity contribution >= 4 is 5.97 Å². The molecule has 5 heteroatoms. The number of nitrogens with zero attached hydrogens (tertiary/aromatic N) is 3. The van der Waals surface area contributed by atoms with Gasteiger partial charge in [-0.2, -0.15) is 0 Å². The van der Waals surface area contributed by atoms with Gasteiger partial charge in [-0.3, -0.25) is 4.79 Å². The summed E-state index contributed by atoms with van der Waals surface area (Å²) in [5.41, 5.74) is -0.121. The van der Waals surface area contributed by atoms with Crippen molar-refractivity contribution in [2.75, 3.05) is 0 Å². The van der Waals surface area contributed by atoms with Crippen LogP contribution in [0.4, 0.5) is 0 Å². The Hall–Kier alpha value is -1.39. The van der Waals surface area contributed by atoms with Gasteiger partial charge in [0.05, 0.1) is 6.42 Å². The molecule has 1 aromatic heterocycles. The van der Waals surface area contributed by atoms with Gasteiger partial charge in [-0.1, -0.05) is 19.3 Å². The van der Waals surface area contributed by atoms with Crippen molar-refractivity contribution in [3.63, 3.8) is 0 Å². The lowest BCUT2D eigenvalue weighted by atomic mass is 9.69. The minimum absolute atomic E-state index is 0.121. The fourth-order valence-corrected chi connectivity index (χ4v) is 3.20. The van der Waals surface area contributed by atoms with Gasteiger partial charge in [0, 0.05) is 12.5 Å². The lowest BCUT2D eigenvalue weighted by Crippen LogP contribution is -2.31. The third-order valence-electron chi connectivity index (χ3n) is 4.18. The predicted octanol–water partition coefficient (Wildman–Crippen LogP) is 2.83. The molecule has 1 fully saturated rings. The van der Waals surface area contributed by atoms with E-state index in [4.69, 9.17) is 0 Å². The summed E-state index contributed by atoms with van der Waals surface area (Å²) in [6.45, 7) is 4.19. The molecule has 0 aromatic carbocycles. The summed E-state index contributed by atoms with van der Waals surface area (Å²) in [5.74, 6) is 0.232. The summed E-state index contributed by atoms with van der Waals surface area (Å²) in [5, 5.41) is 17.4. The minimum Gasteiger partial charge on any atom is -0.481 e. The van der Waals surface area contributed by atoms with E-state index in [0.717, 1.165) is 37.9 Å². The van der Waals surface area contributed by atoms with Gasteiger partial charge in [0.1, 0.15) is 12.2 Å². The van der Waals surface area contributed by atoms with Crippen molar-refractivity contribution in [1.29, 1.82) is 0 Å². The highest BCUT2D eigenvalue weighted by Gasteiger charge is 2.36. The highest BCUT2D eigenvalue weighted by Crippen LogP contribution is 2.42. The van der Waals surface area contributed by atoms with E-state index in [-0.39, 0.29) is 11.8 Å². The molecule has 1 aliphatic carbocycles. The zero-order chi connectivity index (χ0) is 13.9. The van der Waals surface area contributed by atoms with E-state index >= 15 is 0 Å². The van der Waals surface area contributed by atoms with Crippen molar-refractivity contribution in [2.45, 2.75) is 64.8 Å². The molecule has 106 valence electrons. The summed E-state index contributed by atoms with van der Waals surface area (Å²) in [6, 6.07) is 0.315. The normalized spacial score (nSPS) is 18.7. The van der Waals surface area contributed by atoms with Crippen LogP contribution in [0.5, 0.6) is 0 Å². The van der Waals surface area contributed by atoms with E-state index in [1.165, 1.54) is 6.42 Å². The molecular weight excluding hydrogens is 242 g/mol. The van der Waals surface area contributed by atoms with Crippen LogP contribution in [0.1, 0.15) is 64.2 Å². The molecule has 0 radical (unpaired) electrons. The van der Waals surface area contributed by atoms with Crippen LogP contribution < -0.4 is 0 Å². The first kappa shape index (κ1) is 14.0. The lowest BCUT2D eigenvalue weighted by Gasteiger charge is -2.36. The first-order valence-electron chi connectivity index (χ1n) is 7.13. The highest BCUT2D eigenvalue weighted by molar-refractivity contribution is 5.67. The number of rotatable bonds is 5. The molecule has 0 atom stereocenters. The molecule has 0 spiro atoms. The predicted molar refractivity (Wildman–Crippen MR) is 71.9 cm³/mol. The number of carbonyl (C=O) groups is 1. The average Bonchev–Trinajstić information content (AvgIpc) is 2.77. The zero-order valence-corrected chi connectivity index (χ0v) is 11.8. The van der Waals surface area contributed by atoms with E-state index in [1.54, 1.807) is 6.33 Å². The number of hydrogen-bond acceptors (Lipinski definition) is 3. The van der Waals surface area contributed by atoms with Crippen LogP contribution in [0, 0.1) is 5.41 Å². The van der Waals surface area contributed by atoms with Gasteiger partial charge in [0.15, 0.2) is 0 Å². The van der Waals surface area contributed by atoms with Crippen LogP contribution in [0.2, 0.25) is 0 Å². The summed E-state index contributed by atoms with van der Waals surface area (Å²) < 4.78 is 2.05. The third-order valence-corrected chi connectivity index (χ3v) is 4.18. The van der Waals surface area contributed by atoms with Gasteiger partial charge in [-0.25, -0.2) is 0 Å². The van der Waals surface area contributed by atoms with Crippen molar-refractivity contribution in [3.8, 4) is 0 Å². The molecule has 0 amide bonds. The second kappa shape index (κ2) is 5.72. The lowest BCUT2D eigenvalue weighted by molar-refractivity contribution is -0.140. The molecule has 0 aliphatic heterocycles. The molecule has 0 saturated heterocycles. The summed E-state index contributed by atoms with van der Waals surface area (Å²) in [4.78, 5) is 11.2. The molecule has 1 aromatic rings. The third kappa shape index (κ3) is 3.33. The Bertz CT molecular complexity index is 434. The summed E-state index contributed by atoms with van der Waals surface area (Å²) in [7, 11) is 0. The fourth-order valence-electron chi connectivity index (χ4n) is 3.20. The standard InChI is InChI=1S/C14H23N3O2/c1-11(2)17-10-15-16-12(17)8-14(9-13(18)19)6-4-3-5-7-14/h10-11H,3-9H2,1-2H3,(H,18,19). The van der Waals surface area contributed by atoms with Gasteiger partial charge >= 0.3 is 5.97 Å². The van der Waals surface area contributed by atoms with E-state index < -0.39 is 5.97 Å². The van der Waals surface area contributed by atoms with Gasteiger partial charge in [-0.05, 0) is 32.1 Å². The number of hydrogen-bond donors (Lipinski definition) is 1. The van der Waals surface area contributed by atoms with Gasteiger partial charge in [-0.15, -0.1) is 10.2 Å². The van der Waals surface area contributed by atoms with Crippen LogP contribution in [0.25, 0.3) is 0 Å². The molecule has 19 heavy (non-hydrogen) atoms. The summed E-state index contributed by atoms with van der Waals surface area (Å²) >= 11 is 0.